The molecule has 2 amide bonds. The minimum absolute atomic E-state index is 0.00888. The van der Waals surface area contributed by atoms with E-state index in [1.807, 2.05) is 0 Å². The highest BCUT2D eigenvalue weighted by Gasteiger charge is 2.52. The maximum atomic E-state index is 13.5. The third kappa shape index (κ3) is 11.0. The standard InChI is InChI=1S/C31H30F2N7O14P3/c32-19-6-10-21(11-7-19)38-30(41)51-25-23(14-49-56(45,46)54-57(47,48)53-55(43,44)15-18-4-2-1-3-5-18)50-29(40-17-37-24-27(34)35-16-36-28(24)40)26(25)52-31(42)39-22-12-8-20(33)9-13-22/h1-13,16-17,23,25-26,29H,14-15H2,(H,38,41)(H,39,42)(H,43,44)(H,45,46)(H,47,48)(H2,34,35,36). The van der Waals surface area contributed by atoms with Gasteiger partial charge in [-0.3, -0.25) is 24.3 Å². The van der Waals surface area contributed by atoms with Gasteiger partial charge in [0.25, 0.3) is 0 Å². The lowest BCUT2D eigenvalue weighted by molar-refractivity contribution is -0.0514. The molecule has 7 N–H and O–H groups in total. The first-order chi connectivity index (χ1) is 27.0. The number of nitrogens with zero attached hydrogens (tertiary/aromatic N) is 4. The summed E-state index contributed by atoms with van der Waals surface area (Å²) in [5, 5.41) is 4.69. The lowest BCUT2D eigenvalue weighted by Gasteiger charge is -2.25. The van der Waals surface area contributed by atoms with Crippen LogP contribution in [0.2, 0.25) is 0 Å². The van der Waals surface area contributed by atoms with E-state index in [1.54, 1.807) is 6.07 Å². The van der Waals surface area contributed by atoms with Crippen molar-refractivity contribution in [3.63, 3.8) is 0 Å². The van der Waals surface area contributed by atoms with Gasteiger partial charge in [-0.05, 0) is 54.1 Å². The molecule has 7 atom stereocenters. The van der Waals surface area contributed by atoms with E-state index < -0.39 is 84.4 Å². The van der Waals surface area contributed by atoms with E-state index >= 15 is 0 Å². The summed E-state index contributed by atoms with van der Waals surface area (Å²) >= 11 is 0. The number of hydrogen-bond donors (Lipinski definition) is 6. The lowest BCUT2D eigenvalue weighted by Crippen LogP contribution is -2.42. The molecule has 57 heavy (non-hydrogen) atoms. The normalized spacial score (nSPS) is 21.1. The van der Waals surface area contributed by atoms with Crippen molar-refractivity contribution in [1.29, 1.82) is 0 Å². The number of carbonyl (C=O) groups is 2. The van der Waals surface area contributed by atoms with Crippen molar-refractivity contribution in [2.75, 3.05) is 23.0 Å². The van der Waals surface area contributed by atoms with Crippen molar-refractivity contribution in [2.45, 2.75) is 30.7 Å². The van der Waals surface area contributed by atoms with E-state index in [0.29, 0.717) is 0 Å². The average molecular weight is 856 g/mol. The number of nitrogens with two attached hydrogens (primary N) is 1. The Bertz CT molecular complexity index is 2380. The van der Waals surface area contributed by atoms with Gasteiger partial charge in [-0.15, -0.1) is 0 Å². The minimum atomic E-state index is -5.82. The molecule has 5 aromatic rings. The molecular weight excluding hydrogens is 825 g/mol. The Kier molecular flexibility index (Phi) is 12.5. The first-order valence-electron chi connectivity index (χ1n) is 16.1. The topological polar surface area (TPSA) is 295 Å². The second-order valence-corrected chi connectivity index (χ2v) is 16.9. The molecule has 21 nitrogen and oxygen atoms in total. The van der Waals surface area contributed by atoms with Gasteiger partial charge in [-0.1, -0.05) is 30.3 Å². The highest BCUT2D eigenvalue weighted by atomic mass is 31.3. The number of halogens is 2. The van der Waals surface area contributed by atoms with Crippen molar-refractivity contribution >= 4 is 63.8 Å². The number of aromatic nitrogens is 4. The van der Waals surface area contributed by atoms with Crippen molar-refractivity contribution in [1.82, 2.24) is 19.5 Å². The van der Waals surface area contributed by atoms with Crippen molar-refractivity contribution in [3.05, 3.63) is 109 Å². The lowest BCUT2D eigenvalue weighted by atomic mass is 10.1. The van der Waals surface area contributed by atoms with Crippen LogP contribution in [-0.2, 0) is 47.2 Å². The summed E-state index contributed by atoms with van der Waals surface area (Å²) in [5.41, 5.74) is 6.34. The molecule has 0 radical (unpaired) electrons. The molecule has 26 heteroatoms. The number of imidazole rings is 1. The van der Waals surface area contributed by atoms with Gasteiger partial charge < -0.3 is 34.6 Å². The summed E-state index contributed by atoms with van der Waals surface area (Å²) < 4.78 is 97.3. The van der Waals surface area contributed by atoms with E-state index in [2.05, 4.69) is 34.2 Å². The Morgan fingerprint density at radius 1 is 0.789 bits per heavy atom. The summed E-state index contributed by atoms with van der Waals surface area (Å²) in [6.07, 6.45) is -7.81. The quantitative estimate of drug-likeness (QED) is 0.0756. The molecular formula is C31H30F2N7O14P3. The van der Waals surface area contributed by atoms with Gasteiger partial charge in [-0.2, -0.15) is 4.31 Å². The number of benzene rings is 3. The molecule has 3 heterocycles. The average Bonchev–Trinajstić information content (AvgIpc) is 3.70. The number of nitrogen functional groups attached to an aromatic ring is 1. The number of fused-ring (bicyclic) bond motifs is 1. The number of phosphoric acid groups is 2. The second-order valence-electron chi connectivity index (χ2n) is 11.8. The van der Waals surface area contributed by atoms with Crippen LogP contribution in [0.4, 0.5) is 35.6 Å². The SMILES string of the molecule is Nc1ncnc2c1ncn2C1OC(COP(=O)(O)OP(=O)(O)OP(=O)(O)Cc2ccccc2)C(OC(=O)Nc2ccc(F)cc2)C1OC(=O)Nc1ccc(F)cc1. The third-order valence-electron chi connectivity index (χ3n) is 7.68. The van der Waals surface area contributed by atoms with Crippen LogP contribution in [0, 0.1) is 11.6 Å². The van der Waals surface area contributed by atoms with Crippen molar-refractivity contribution in [2.24, 2.45) is 0 Å². The zero-order valence-corrected chi connectivity index (χ0v) is 31.4. The van der Waals surface area contributed by atoms with E-state index in [0.717, 1.165) is 36.9 Å². The smallest absolute Gasteiger partial charge is 0.439 e. The van der Waals surface area contributed by atoms with Gasteiger partial charge in [-0.25, -0.2) is 46.8 Å². The number of ether oxygens (including phenoxy) is 3. The van der Waals surface area contributed by atoms with Gasteiger partial charge in [0.05, 0.1) is 19.1 Å². The predicted molar refractivity (Wildman–Crippen MR) is 192 cm³/mol. The summed E-state index contributed by atoms with van der Waals surface area (Å²) in [6.45, 7) is -1.14. The van der Waals surface area contributed by atoms with Crippen LogP contribution in [0.3, 0.4) is 0 Å². The second kappa shape index (κ2) is 17.1. The Hall–Kier alpha value is -5.18. The number of hydrogen-bond acceptors (Lipinski definition) is 15. The van der Waals surface area contributed by atoms with Gasteiger partial charge in [0, 0.05) is 11.4 Å². The van der Waals surface area contributed by atoms with Gasteiger partial charge >= 0.3 is 35.4 Å². The fourth-order valence-electron chi connectivity index (χ4n) is 5.34. The molecule has 7 unspecified atom stereocenters. The number of carbonyl (C=O) groups excluding carboxylic acids is 2. The molecule has 0 bridgehead atoms. The largest absolute Gasteiger partial charge is 0.488 e. The molecule has 1 saturated heterocycles. The number of nitrogens with one attached hydrogen (secondary N) is 2. The molecule has 1 aliphatic rings. The predicted octanol–water partition coefficient (Wildman–Crippen LogP) is 5.45. The maximum Gasteiger partial charge on any atom is 0.488 e. The molecule has 0 spiro atoms. The number of rotatable bonds is 14. The minimum Gasteiger partial charge on any atom is -0.439 e. The van der Waals surface area contributed by atoms with Gasteiger partial charge in [0.2, 0.25) is 0 Å². The van der Waals surface area contributed by atoms with Crippen molar-refractivity contribution in [3.8, 4) is 0 Å². The van der Waals surface area contributed by atoms with Crippen LogP contribution in [0.25, 0.3) is 11.2 Å². The Morgan fingerprint density at radius 2 is 1.37 bits per heavy atom. The Balaban J connectivity index is 1.27. The molecule has 302 valence electrons. The van der Waals surface area contributed by atoms with Crippen LogP contribution in [-0.4, -0.2) is 71.3 Å². The third-order valence-corrected chi connectivity index (χ3v) is 12.4. The van der Waals surface area contributed by atoms with Crippen LogP contribution in [0.5, 0.6) is 0 Å². The molecule has 6 rings (SSSR count). The van der Waals surface area contributed by atoms with Gasteiger partial charge in [0.1, 0.15) is 29.6 Å². The fourth-order valence-corrected chi connectivity index (χ4v) is 9.49. The molecule has 0 saturated carbocycles. The van der Waals surface area contributed by atoms with Gasteiger partial charge in [0.15, 0.2) is 29.9 Å². The maximum absolute atomic E-state index is 13.5. The highest BCUT2D eigenvalue weighted by molar-refractivity contribution is 7.68. The molecule has 0 aliphatic carbocycles. The summed E-state index contributed by atoms with van der Waals surface area (Å²) in [4.78, 5) is 69.4. The van der Waals surface area contributed by atoms with E-state index in [4.69, 9.17) is 24.5 Å². The first-order valence-corrected chi connectivity index (χ1v) is 20.8. The molecule has 1 fully saturated rings. The summed E-state index contributed by atoms with van der Waals surface area (Å²) in [5.74, 6) is -1.30. The van der Waals surface area contributed by atoms with Crippen LogP contribution >= 0.6 is 23.2 Å². The van der Waals surface area contributed by atoms with E-state index in [9.17, 15) is 46.7 Å². The monoisotopic (exact) mass is 855 g/mol. The summed E-state index contributed by atoms with van der Waals surface area (Å²) in [7, 11) is -16.5. The number of anilines is 3. The van der Waals surface area contributed by atoms with Crippen LogP contribution < -0.4 is 16.4 Å². The van der Waals surface area contributed by atoms with Crippen LogP contribution in [0.15, 0.2) is 91.5 Å². The summed E-state index contributed by atoms with van der Waals surface area (Å²) in [6, 6.07) is 16.4. The Labute approximate surface area is 319 Å². The molecule has 3 aromatic carbocycles. The zero-order valence-electron chi connectivity index (χ0n) is 28.7. The molecule has 2 aromatic heterocycles. The number of amides is 2. The Morgan fingerprint density at radius 3 is 1.96 bits per heavy atom. The fraction of sp³-hybridized carbons (Fsp3) is 0.194. The van der Waals surface area contributed by atoms with E-state index in [-0.39, 0.29) is 33.9 Å². The first kappa shape index (κ1) is 41.5. The molecule has 1 aliphatic heterocycles. The zero-order chi connectivity index (χ0) is 41.0. The van der Waals surface area contributed by atoms with Crippen molar-refractivity contribution < 1.29 is 74.1 Å². The highest BCUT2D eigenvalue weighted by Crippen LogP contribution is 2.68. The van der Waals surface area contributed by atoms with Crippen LogP contribution in [0.1, 0.15) is 11.8 Å². The van der Waals surface area contributed by atoms with E-state index in [1.165, 1.54) is 53.1 Å². The number of phosphoric ester groups is 1.